The van der Waals surface area contributed by atoms with E-state index >= 15 is 0 Å². The lowest BCUT2D eigenvalue weighted by atomic mass is 9.78. The molecule has 2 aromatic rings. The Morgan fingerprint density at radius 2 is 1.65 bits per heavy atom. The Morgan fingerprint density at radius 3 is 2.27 bits per heavy atom. The SMILES string of the molecule is Cc1cc2c(cc1OCCCCCCCCNC(=O)OC(C)(C)C)CC(C(C)(C)C)n1cc(C(=O)O)c(=O)cc1-2. The number of carboxylic acids is 1. The van der Waals surface area contributed by atoms with E-state index in [1.54, 1.807) is 0 Å². The third kappa shape index (κ3) is 8.35. The van der Waals surface area contributed by atoms with Gasteiger partial charge in [0.15, 0.2) is 5.43 Å². The lowest BCUT2D eigenvalue weighted by Gasteiger charge is -2.39. The molecule has 0 bridgehead atoms. The minimum absolute atomic E-state index is 0.00333. The molecular formula is C32H46N2O6. The first-order valence-corrected chi connectivity index (χ1v) is 14.4. The van der Waals surface area contributed by atoms with E-state index < -0.39 is 17.0 Å². The number of carbonyl (C=O) groups is 2. The van der Waals surface area contributed by atoms with Crippen molar-refractivity contribution in [2.45, 2.75) is 105 Å². The summed E-state index contributed by atoms with van der Waals surface area (Å²) >= 11 is 0. The number of unbranched alkanes of at least 4 members (excludes halogenated alkanes) is 5. The average molecular weight is 555 g/mol. The summed E-state index contributed by atoms with van der Waals surface area (Å²) < 4.78 is 13.4. The highest BCUT2D eigenvalue weighted by atomic mass is 16.6. The van der Waals surface area contributed by atoms with Crippen LogP contribution in [0.5, 0.6) is 5.75 Å². The van der Waals surface area contributed by atoms with Crippen LogP contribution < -0.4 is 15.5 Å². The van der Waals surface area contributed by atoms with Gasteiger partial charge < -0.3 is 24.5 Å². The minimum Gasteiger partial charge on any atom is -0.493 e. The second kappa shape index (κ2) is 12.9. The van der Waals surface area contributed by atoms with Crippen molar-refractivity contribution in [2.75, 3.05) is 13.2 Å². The second-order valence-corrected chi connectivity index (χ2v) is 12.9. The van der Waals surface area contributed by atoms with Crippen LogP contribution in [-0.2, 0) is 11.2 Å². The van der Waals surface area contributed by atoms with E-state index in [4.69, 9.17) is 9.47 Å². The molecule has 220 valence electrons. The number of hydrogen-bond acceptors (Lipinski definition) is 5. The van der Waals surface area contributed by atoms with Crippen molar-refractivity contribution >= 4 is 12.1 Å². The van der Waals surface area contributed by atoms with Crippen molar-refractivity contribution in [1.29, 1.82) is 0 Å². The maximum Gasteiger partial charge on any atom is 0.407 e. The van der Waals surface area contributed by atoms with Crippen LogP contribution in [0.1, 0.15) is 108 Å². The Morgan fingerprint density at radius 1 is 1.00 bits per heavy atom. The van der Waals surface area contributed by atoms with Crippen LogP contribution in [0.15, 0.2) is 29.2 Å². The highest BCUT2D eigenvalue weighted by Gasteiger charge is 2.34. The van der Waals surface area contributed by atoms with E-state index in [0.29, 0.717) is 13.2 Å². The number of nitrogens with one attached hydrogen (secondary N) is 1. The molecule has 2 heterocycles. The summed E-state index contributed by atoms with van der Waals surface area (Å²) in [5, 5.41) is 12.3. The van der Waals surface area contributed by atoms with Crippen molar-refractivity contribution in [1.82, 2.24) is 9.88 Å². The molecule has 1 aliphatic heterocycles. The lowest BCUT2D eigenvalue weighted by molar-refractivity contribution is 0.0526. The molecule has 2 N–H and O–H groups in total. The summed E-state index contributed by atoms with van der Waals surface area (Å²) in [6.45, 7) is 15.2. The number of amides is 1. The molecule has 0 radical (unpaired) electrons. The molecule has 1 unspecified atom stereocenters. The van der Waals surface area contributed by atoms with Crippen molar-refractivity contribution < 1.29 is 24.2 Å². The largest absolute Gasteiger partial charge is 0.493 e. The number of ether oxygens (including phenoxy) is 2. The van der Waals surface area contributed by atoms with Gasteiger partial charge in [0.1, 0.15) is 16.9 Å². The highest BCUT2D eigenvalue weighted by molar-refractivity contribution is 5.87. The van der Waals surface area contributed by atoms with Crippen LogP contribution in [0.2, 0.25) is 0 Å². The van der Waals surface area contributed by atoms with Crippen LogP contribution >= 0.6 is 0 Å². The average Bonchev–Trinajstić information content (AvgIpc) is 2.83. The number of pyridine rings is 1. The van der Waals surface area contributed by atoms with E-state index in [9.17, 15) is 19.5 Å². The van der Waals surface area contributed by atoms with Crippen LogP contribution in [-0.4, -0.2) is 40.5 Å². The minimum atomic E-state index is -1.20. The summed E-state index contributed by atoms with van der Waals surface area (Å²) in [5.74, 6) is -0.341. The Kier molecular flexibility index (Phi) is 10.1. The normalized spacial score (nSPS) is 14.7. The number of rotatable bonds is 11. The number of aromatic nitrogens is 1. The van der Waals surface area contributed by atoms with Gasteiger partial charge in [0.05, 0.1) is 12.3 Å². The number of carbonyl (C=O) groups excluding carboxylic acids is 1. The lowest BCUT2D eigenvalue weighted by Crippen LogP contribution is -2.32. The van der Waals surface area contributed by atoms with Crippen molar-refractivity contribution in [3.8, 4) is 17.0 Å². The maximum atomic E-state index is 12.6. The molecule has 0 spiro atoms. The first-order valence-electron chi connectivity index (χ1n) is 14.4. The number of aromatic carboxylic acids is 1. The number of carboxylic acid groups (broad SMARTS) is 1. The van der Waals surface area contributed by atoms with E-state index in [-0.39, 0.29) is 23.1 Å². The molecule has 8 heteroatoms. The number of benzene rings is 1. The zero-order valence-corrected chi connectivity index (χ0v) is 25.2. The monoisotopic (exact) mass is 554 g/mol. The zero-order valence-electron chi connectivity index (χ0n) is 25.2. The number of alkyl carbamates (subject to hydrolysis) is 1. The maximum absolute atomic E-state index is 12.6. The van der Waals surface area contributed by atoms with Gasteiger partial charge in [-0.05, 0) is 75.6 Å². The quantitative estimate of drug-likeness (QED) is 0.292. The summed E-state index contributed by atoms with van der Waals surface area (Å²) in [6, 6.07) is 5.62. The molecule has 0 aliphatic carbocycles. The molecule has 8 nitrogen and oxygen atoms in total. The van der Waals surface area contributed by atoms with Crippen molar-refractivity contribution in [3.05, 3.63) is 51.3 Å². The van der Waals surface area contributed by atoms with E-state index in [1.165, 1.54) is 12.3 Å². The summed E-state index contributed by atoms with van der Waals surface area (Å²) in [4.78, 5) is 35.9. The van der Waals surface area contributed by atoms with Gasteiger partial charge in [-0.25, -0.2) is 9.59 Å². The molecule has 1 aromatic heterocycles. The highest BCUT2D eigenvalue weighted by Crippen LogP contribution is 2.44. The van der Waals surface area contributed by atoms with Crippen molar-refractivity contribution in [2.24, 2.45) is 5.41 Å². The van der Waals surface area contributed by atoms with Gasteiger partial charge in [-0.1, -0.05) is 46.5 Å². The van der Waals surface area contributed by atoms with Gasteiger partial charge in [0.25, 0.3) is 0 Å². The number of hydrogen-bond donors (Lipinski definition) is 2. The predicted octanol–water partition coefficient (Wildman–Crippen LogP) is 6.91. The molecule has 3 rings (SSSR count). The second-order valence-electron chi connectivity index (χ2n) is 12.9. The smallest absolute Gasteiger partial charge is 0.407 e. The summed E-state index contributed by atoms with van der Waals surface area (Å²) in [7, 11) is 0. The molecule has 1 aliphatic rings. The van der Waals surface area contributed by atoms with Gasteiger partial charge in [-0.3, -0.25) is 4.79 Å². The van der Waals surface area contributed by atoms with Crippen LogP contribution in [0.25, 0.3) is 11.3 Å². The zero-order chi connectivity index (χ0) is 29.7. The molecule has 1 aromatic carbocycles. The molecule has 40 heavy (non-hydrogen) atoms. The Labute approximate surface area is 238 Å². The predicted molar refractivity (Wildman–Crippen MR) is 157 cm³/mol. The molecule has 1 atom stereocenters. The van der Waals surface area contributed by atoms with Crippen LogP contribution in [0, 0.1) is 12.3 Å². The summed E-state index contributed by atoms with van der Waals surface area (Å²) in [5.41, 5.74) is 2.53. The standard InChI is InChI=1S/C32H46N2O6/c1-21-16-23-22(18-28(31(2,3)4)34-20-24(29(36)37)26(35)19-25(23)34)17-27(21)39-15-13-11-9-8-10-12-14-33-30(38)40-32(5,6)7/h16-17,19-20,28H,8-15,18H2,1-7H3,(H,33,38)(H,36,37). The van der Waals surface area contributed by atoms with Gasteiger partial charge >= 0.3 is 12.1 Å². The van der Waals surface area contributed by atoms with Crippen LogP contribution in [0.3, 0.4) is 0 Å². The topological polar surface area (TPSA) is 107 Å². The van der Waals surface area contributed by atoms with Crippen molar-refractivity contribution in [3.63, 3.8) is 0 Å². The Bertz CT molecular complexity index is 1270. The molecular weight excluding hydrogens is 508 g/mol. The van der Waals surface area contributed by atoms with E-state index in [0.717, 1.165) is 73.1 Å². The first kappa shape index (κ1) is 31.2. The van der Waals surface area contributed by atoms with Gasteiger partial charge in [0, 0.05) is 30.4 Å². The van der Waals surface area contributed by atoms with Gasteiger partial charge in [0.2, 0.25) is 0 Å². The number of fused-ring (bicyclic) bond motifs is 3. The van der Waals surface area contributed by atoms with E-state index in [1.807, 2.05) is 32.3 Å². The fourth-order valence-corrected chi connectivity index (χ4v) is 5.13. The van der Waals surface area contributed by atoms with Crippen LogP contribution in [0.4, 0.5) is 4.79 Å². The van der Waals surface area contributed by atoms with E-state index in [2.05, 4.69) is 38.2 Å². The number of nitrogens with zero attached hydrogens (tertiary/aromatic N) is 1. The molecule has 0 saturated carbocycles. The third-order valence-electron chi connectivity index (χ3n) is 7.23. The molecule has 0 saturated heterocycles. The first-order chi connectivity index (χ1) is 18.7. The fourth-order valence-electron chi connectivity index (χ4n) is 5.13. The fraction of sp³-hybridized carbons (Fsp3) is 0.594. The Hall–Kier alpha value is -3.29. The Balaban J connectivity index is 1.53. The third-order valence-corrected chi connectivity index (χ3v) is 7.23. The van der Waals surface area contributed by atoms with Gasteiger partial charge in [-0.2, -0.15) is 0 Å². The summed E-state index contributed by atoms with van der Waals surface area (Å²) in [6.07, 6.45) is 8.16. The molecule has 0 fully saturated rings. The van der Waals surface area contributed by atoms with Gasteiger partial charge in [-0.15, -0.1) is 0 Å². The molecule has 1 amide bonds. The number of aryl methyl sites for hydroxylation is 1.